The van der Waals surface area contributed by atoms with E-state index in [1.165, 1.54) is 133 Å². The van der Waals surface area contributed by atoms with Crippen molar-refractivity contribution in [1.29, 1.82) is 0 Å². The van der Waals surface area contributed by atoms with E-state index in [0.29, 0.717) is 56.3 Å². The molecular weight excluding hydrogens is 2270 g/mol. The Morgan fingerprint density at radius 2 is 0.472 bits per heavy atom. The van der Waals surface area contributed by atoms with Crippen molar-refractivity contribution in [3.63, 3.8) is 0 Å². The molecule has 562 valence electrons. The van der Waals surface area contributed by atoms with Gasteiger partial charge >= 0.3 is 35.5 Å². The molecule has 0 aromatic carbocycles. The fourth-order valence-corrected chi connectivity index (χ4v) is 65.1. The standard InChI is InChI=1S/C29H10Br4F6S6.C29H14F6S6.S19.H2S/c30-19-5-1-13(40-19)17-9-11(25(44-17)15-3-7-21(32)42-15)23-24(28(36,37)29(38,39)27(23,34)35)12-10-18(14-2-6-20(31)41-14)45-26(12)16-4-8-22(33)43-16;30-27(31)23(15-13-21(17-5-1-9-36-17)40-25(15)19-7-3-11-38-19)24(28(32,33)29(27,34)35)16-14-22(18-6-2-10-37-18)41-26(16)20-8-4-12-39-20;1-3-5-7-9-11-13-15-17-19-18-16-14-12-10-8-6-4-2;/h1-10H;1-14H;;1H2. The van der Waals surface area contributed by atoms with Crippen LogP contribution in [0.1, 0.15) is 22.3 Å². The predicted molar refractivity (Wildman–Crippen MR) is 508 cm³/mol. The Hall–Kier alpha value is 1.49. The first-order chi connectivity index (χ1) is 50.2. The first kappa shape index (κ1) is 88.3. The molecular formula is C58H26Br4F12S32. The van der Waals surface area contributed by atoms with Crippen LogP contribution < -0.4 is 0 Å². The Bertz CT molecular complexity index is 5780. The molecule has 2 aliphatic carbocycles. The van der Waals surface area contributed by atoms with Crippen molar-refractivity contribution in [2.24, 2.45) is 0 Å². The summed E-state index contributed by atoms with van der Waals surface area (Å²) < 4.78 is 193. The van der Waals surface area contributed by atoms with Crippen LogP contribution in [0, 0.1) is 0 Å². The SMILES string of the molecule is FC1(F)C(c2cc(-c3ccc(Br)s3)sc2-c2ccc(Br)s2)=C(c2cc(-c3ccc(Br)s3)sc2-c2ccc(Br)s2)C(F)(F)C1(F)F.FC1(F)C(c2cc(-c3cccs3)sc2-c2cccs2)=C(c2cc(-c3cccs3)sc2-c2cccs2)C(F)(F)C1(F)F.S.S=S=S=S=S=S=S=S=S=S=S=S=S=S=S=S=S=S=S. The van der Waals surface area contributed by atoms with Crippen LogP contribution in [0.3, 0.4) is 0 Å². The Labute approximate surface area is 742 Å². The molecule has 0 N–H and O–H groups in total. The van der Waals surface area contributed by atoms with Gasteiger partial charge in [0, 0.05) is 276 Å². The summed E-state index contributed by atoms with van der Waals surface area (Å²) in [6.45, 7) is 0. The highest BCUT2D eigenvalue weighted by molar-refractivity contribution is 9.11. The molecule has 106 heavy (non-hydrogen) atoms. The van der Waals surface area contributed by atoms with E-state index in [-0.39, 0.29) is 55.3 Å². The van der Waals surface area contributed by atoms with E-state index in [9.17, 15) is 0 Å². The van der Waals surface area contributed by atoms with E-state index in [0.717, 1.165) is 62.7 Å². The lowest BCUT2D eigenvalue weighted by Crippen LogP contribution is -2.48. The zero-order chi connectivity index (χ0) is 74.6. The maximum atomic E-state index is 16.2. The van der Waals surface area contributed by atoms with Gasteiger partial charge in [-0.05, 0) is 182 Å². The lowest BCUT2D eigenvalue weighted by molar-refractivity contribution is -0.254. The molecule has 14 rings (SSSR count). The largest absolute Gasteiger partial charge is 0.380 e. The number of allylic oxidation sites excluding steroid dienone is 4. The minimum Gasteiger partial charge on any atom is -0.197 e. The predicted octanol–water partition coefficient (Wildman–Crippen LogP) is 28.2. The van der Waals surface area contributed by atoms with Gasteiger partial charge in [-0.2, -0.15) is 66.2 Å². The summed E-state index contributed by atoms with van der Waals surface area (Å²) in [7, 11) is 29.0. The van der Waals surface area contributed by atoms with Gasteiger partial charge < -0.3 is 0 Å². The zero-order valence-corrected chi connectivity index (χ0v) is 82.7. The van der Waals surface area contributed by atoms with Crippen molar-refractivity contribution in [3.05, 3.63) is 180 Å². The summed E-state index contributed by atoms with van der Waals surface area (Å²) in [5, 5.41) is 7.08. The van der Waals surface area contributed by atoms with Gasteiger partial charge in [0.05, 0.1) is 34.7 Å². The quantitative estimate of drug-likeness (QED) is 0.112. The highest BCUT2D eigenvalue weighted by atomic mass is 79.9. The Kier molecular flexibility index (Phi) is 32.4. The second-order valence-corrected chi connectivity index (χ2v) is 67.8. The van der Waals surface area contributed by atoms with Gasteiger partial charge in [-0.25, -0.2) is 0 Å². The van der Waals surface area contributed by atoms with E-state index in [4.69, 9.17) is 22.4 Å². The number of hydrogen-bond donors (Lipinski definition) is 0. The lowest BCUT2D eigenvalue weighted by atomic mass is 9.94. The van der Waals surface area contributed by atoms with Crippen LogP contribution in [0.4, 0.5) is 52.7 Å². The molecule has 48 heteroatoms. The minimum absolute atomic E-state index is 0. The number of rotatable bonds is 12. The molecule has 0 unspecified atom stereocenters. The van der Waals surface area contributed by atoms with Crippen molar-refractivity contribution in [2.45, 2.75) is 35.5 Å². The molecule has 0 radical (unpaired) electrons. The highest BCUT2D eigenvalue weighted by Gasteiger charge is 2.82. The molecule has 0 saturated heterocycles. The van der Waals surface area contributed by atoms with E-state index < -0.39 is 57.8 Å². The second-order valence-electron chi connectivity index (χ2n) is 19.8. The third-order valence-electron chi connectivity index (χ3n) is 14.0. The first-order valence-corrected chi connectivity index (χ1v) is 64.5. The summed E-state index contributed by atoms with van der Waals surface area (Å²) in [5.41, 5.74) is -6.61. The van der Waals surface area contributed by atoms with E-state index in [1.54, 1.807) is 241 Å². The summed E-state index contributed by atoms with van der Waals surface area (Å²) in [5.74, 6) is -32.0. The lowest BCUT2D eigenvalue weighted by Gasteiger charge is -2.25. The summed E-state index contributed by atoms with van der Waals surface area (Å²) in [6, 6.07) is 33.1. The molecule has 0 nitrogen and oxygen atoms in total. The normalized spacial score (nSPS) is 15.4. The first-order valence-electron chi connectivity index (χ1n) is 27.3. The second kappa shape index (κ2) is 38.9. The van der Waals surface area contributed by atoms with Crippen LogP contribution in [-0.4, -0.2) is 35.5 Å². The molecule has 0 aliphatic heterocycles. The Morgan fingerprint density at radius 1 is 0.255 bits per heavy atom. The van der Waals surface area contributed by atoms with Crippen molar-refractivity contribution < 1.29 is 52.7 Å². The Balaban J connectivity index is 0.000000171. The number of halogens is 16. The van der Waals surface area contributed by atoms with E-state index in [1.807, 2.05) is 10.8 Å². The smallest absolute Gasteiger partial charge is 0.197 e. The summed E-state index contributed by atoms with van der Waals surface area (Å²) >= 11 is 37.8. The van der Waals surface area contributed by atoms with Gasteiger partial charge in [0.1, 0.15) is 0 Å². The van der Waals surface area contributed by atoms with Crippen molar-refractivity contribution in [3.8, 4) is 78.0 Å². The molecule has 0 saturated carbocycles. The molecule has 0 spiro atoms. The van der Waals surface area contributed by atoms with Gasteiger partial charge in [-0.1, -0.05) is 24.3 Å². The molecule has 2 aliphatic rings. The minimum atomic E-state index is -5.69. The highest BCUT2D eigenvalue weighted by Crippen LogP contribution is 2.70. The molecule has 12 heterocycles. The monoisotopic (exact) mass is 2290 g/mol. The molecule has 12 aromatic rings. The third kappa shape index (κ3) is 19.1. The van der Waals surface area contributed by atoms with E-state index in [2.05, 4.69) is 63.7 Å². The van der Waals surface area contributed by atoms with Gasteiger partial charge in [0.2, 0.25) is 0 Å². The fourth-order valence-electron chi connectivity index (χ4n) is 9.98. The van der Waals surface area contributed by atoms with Crippen LogP contribution in [0.25, 0.3) is 100 Å². The summed E-state index contributed by atoms with van der Waals surface area (Å²) in [6.07, 6.45) is 0. The van der Waals surface area contributed by atoms with Crippen LogP contribution in [-0.2, 0) is 173 Å². The van der Waals surface area contributed by atoms with Crippen molar-refractivity contribution in [2.75, 3.05) is 0 Å². The Morgan fingerprint density at radius 3 is 0.689 bits per heavy atom. The molecule has 0 amide bonds. The molecule has 0 fully saturated rings. The average molecular weight is 2300 g/mol. The number of hydrogen-bond acceptors (Lipinski definition) is 14. The number of thiophene rings is 12. The van der Waals surface area contributed by atoms with Crippen LogP contribution >= 0.6 is 213 Å². The third-order valence-corrected chi connectivity index (χ3v) is 65.6. The van der Waals surface area contributed by atoms with Crippen LogP contribution in [0.2, 0.25) is 0 Å². The van der Waals surface area contributed by atoms with E-state index >= 15 is 52.7 Å². The zero-order valence-electron chi connectivity index (χ0n) is 50.1. The molecule has 0 bridgehead atoms. The maximum Gasteiger partial charge on any atom is 0.380 e. The van der Waals surface area contributed by atoms with Gasteiger partial charge in [0.15, 0.2) is 0 Å². The van der Waals surface area contributed by atoms with Gasteiger partial charge in [-0.15, -0.1) is 136 Å². The molecule has 0 atom stereocenters. The average Bonchev–Trinajstić information content (AvgIpc) is 1.53. The summed E-state index contributed by atoms with van der Waals surface area (Å²) in [4.78, 5) is 7.91. The number of alkyl halides is 12. The van der Waals surface area contributed by atoms with Crippen LogP contribution in [0.5, 0.6) is 0 Å². The van der Waals surface area contributed by atoms with Gasteiger partial charge in [-0.3, -0.25) is 0 Å². The molecule has 12 aromatic heterocycles. The van der Waals surface area contributed by atoms with Crippen molar-refractivity contribution >= 4 is 409 Å². The van der Waals surface area contributed by atoms with Crippen LogP contribution in [0.15, 0.2) is 158 Å². The van der Waals surface area contributed by atoms with Crippen molar-refractivity contribution in [1.82, 2.24) is 0 Å². The van der Waals surface area contributed by atoms with Gasteiger partial charge in [0.25, 0.3) is 0 Å². The topological polar surface area (TPSA) is 0 Å². The maximum absolute atomic E-state index is 16.2. The fraction of sp³-hybridized carbons (Fsp3) is 0.103.